The molecule has 6 heteroatoms. The summed E-state index contributed by atoms with van der Waals surface area (Å²) in [5, 5.41) is 12.3. The molecule has 134 valence electrons. The van der Waals surface area contributed by atoms with Gasteiger partial charge in [0.2, 0.25) is 0 Å². The molecule has 0 unspecified atom stereocenters. The van der Waals surface area contributed by atoms with Crippen molar-refractivity contribution in [3.8, 4) is 17.6 Å². The van der Waals surface area contributed by atoms with Gasteiger partial charge in [-0.05, 0) is 73.1 Å². The monoisotopic (exact) mass is 454 g/mol. The van der Waals surface area contributed by atoms with Gasteiger partial charge < -0.3 is 14.8 Å². The van der Waals surface area contributed by atoms with E-state index in [1.165, 1.54) is 0 Å². The number of hydrogen-bond donors (Lipinski definition) is 1. The lowest BCUT2D eigenvalue weighted by Crippen LogP contribution is -2.33. The molecule has 1 aliphatic carbocycles. The molecule has 1 amide bonds. The first-order chi connectivity index (χ1) is 11.9. The van der Waals surface area contributed by atoms with Crippen LogP contribution in [0.5, 0.6) is 11.5 Å². The van der Waals surface area contributed by atoms with Crippen molar-refractivity contribution in [1.29, 1.82) is 5.26 Å². The van der Waals surface area contributed by atoms with Gasteiger partial charge in [-0.1, -0.05) is 12.8 Å². The Hall–Kier alpha value is -1.75. The summed E-state index contributed by atoms with van der Waals surface area (Å²) in [6, 6.07) is 5.84. The minimum atomic E-state index is -0.314. The Kier molecular flexibility index (Phi) is 7.12. The molecule has 1 saturated carbocycles. The van der Waals surface area contributed by atoms with E-state index in [1.54, 1.807) is 19.3 Å². The van der Waals surface area contributed by atoms with Crippen LogP contribution in [0.15, 0.2) is 17.7 Å². The molecule has 0 aromatic heterocycles. The summed E-state index contributed by atoms with van der Waals surface area (Å²) in [5.41, 5.74) is 0.831. The van der Waals surface area contributed by atoms with Gasteiger partial charge in [0.15, 0.2) is 11.5 Å². The van der Waals surface area contributed by atoms with Crippen LogP contribution in [-0.4, -0.2) is 25.2 Å². The molecular weight excluding hydrogens is 431 g/mol. The zero-order valence-electron chi connectivity index (χ0n) is 14.8. The molecule has 1 aromatic rings. The van der Waals surface area contributed by atoms with Crippen LogP contribution in [-0.2, 0) is 4.79 Å². The van der Waals surface area contributed by atoms with Crippen molar-refractivity contribution < 1.29 is 14.3 Å². The fourth-order valence-corrected chi connectivity index (χ4v) is 3.57. The van der Waals surface area contributed by atoms with Crippen molar-refractivity contribution in [3.05, 3.63) is 26.8 Å². The number of nitrogens with one attached hydrogen (secondary N) is 1. The van der Waals surface area contributed by atoms with Crippen LogP contribution < -0.4 is 14.8 Å². The van der Waals surface area contributed by atoms with E-state index < -0.39 is 0 Å². The average molecular weight is 454 g/mol. The largest absolute Gasteiger partial charge is 0.493 e. The molecule has 25 heavy (non-hydrogen) atoms. The second-order valence-electron chi connectivity index (χ2n) is 6.33. The van der Waals surface area contributed by atoms with E-state index >= 15 is 0 Å². The predicted molar refractivity (Wildman–Crippen MR) is 105 cm³/mol. The highest BCUT2D eigenvalue weighted by atomic mass is 127. The molecule has 1 aliphatic rings. The summed E-state index contributed by atoms with van der Waals surface area (Å²) in [6.07, 6.45) is 5.84. The summed E-state index contributed by atoms with van der Waals surface area (Å²) in [5.74, 6) is 0.940. The van der Waals surface area contributed by atoms with Crippen molar-refractivity contribution in [2.75, 3.05) is 7.11 Å². The van der Waals surface area contributed by atoms with E-state index in [2.05, 4.69) is 27.9 Å². The number of nitriles is 1. The second-order valence-corrected chi connectivity index (χ2v) is 7.49. The third-order valence-electron chi connectivity index (χ3n) is 3.97. The first kappa shape index (κ1) is 19.6. The summed E-state index contributed by atoms with van der Waals surface area (Å²) in [6.45, 7) is 3.90. The zero-order valence-corrected chi connectivity index (χ0v) is 16.9. The number of amides is 1. The van der Waals surface area contributed by atoms with Crippen molar-refractivity contribution in [2.45, 2.75) is 51.7 Å². The van der Waals surface area contributed by atoms with Crippen molar-refractivity contribution >= 4 is 34.6 Å². The number of benzene rings is 1. The number of carbonyl (C=O) groups excluding carboxylic acids is 1. The van der Waals surface area contributed by atoms with Gasteiger partial charge in [-0.3, -0.25) is 4.79 Å². The Bertz CT molecular complexity index is 701. The molecule has 0 radical (unpaired) electrons. The Morgan fingerprint density at radius 3 is 2.64 bits per heavy atom. The molecule has 2 rings (SSSR count). The normalized spacial score (nSPS) is 15.1. The highest BCUT2D eigenvalue weighted by Crippen LogP contribution is 2.35. The van der Waals surface area contributed by atoms with Crippen LogP contribution in [0.25, 0.3) is 6.08 Å². The van der Waals surface area contributed by atoms with Gasteiger partial charge in [-0.15, -0.1) is 0 Å². The van der Waals surface area contributed by atoms with Crippen molar-refractivity contribution in [2.24, 2.45) is 0 Å². The first-order valence-electron chi connectivity index (χ1n) is 8.41. The lowest BCUT2D eigenvalue weighted by Gasteiger charge is -2.16. The second kappa shape index (κ2) is 9.09. The third kappa shape index (κ3) is 5.36. The van der Waals surface area contributed by atoms with Crippen LogP contribution in [0.4, 0.5) is 0 Å². The van der Waals surface area contributed by atoms with E-state index in [0.29, 0.717) is 11.5 Å². The summed E-state index contributed by atoms with van der Waals surface area (Å²) < 4.78 is 12.1. The predicted octanol–water partition coefficient (Wildman–Crippen LogP) is 4.05. The topological polar surface area (TPSA) is 71.3 Å². The molecule has 0 bridgehead atoms. The van der Waals surface area contributed by atoms with Crippen LogP contribution in [0, 0.1) is 14.9 Å². The lowest BCUT2D eigenvalue weighted by atomic mass is 10.1. The van der Waals surface area contributed by atoms with Crippen LogP contribution in [0.2, 0.25) is 0 Å². The summed E-state index contributed by atoms with van der Waals surface area (Å²) in [7, 11) is 1.57. The molecule has 0 aliphatic heterocycles. The van der Waals surface area contributed by atoms with E-state index in [9.17, 15) is 10.1 Å². The van der Waals surface area contributed by atoms with Crippen molar-refractivity contribution in [1.82, 2.24) is 5.32 Å². The van der Waals surface area contributed by atoms with Crippen LogP contribution >= 0.6 is 22.6 Å². The summed E-state index contributed by atoms with van der Waals surface area (Å²) >= 11 is 2.17. The van der Waals surface area contributed by atoms with Crippen LogP contribution in [0.1, 0.15) is 45.1 Å². The number of nitrogens with zero attached hydrogens (tertiary/aromatic N) is 1. The number of rotatable bonds is 6. The quantitative estimate of drug-likeness (QED) is 0.400. The van der Waals surface area contributed by atoms with Gasteiger partial charge in [0, 0.05) is 6.04 Å². The molecule has 1 fully saturated rings. The number of halogens is 1. The molecular formula is C19H23IN2O3. The molecule has 5 nitrogen and oxygen atoms in total. The average Bonchev–Trinajstić information content (AvgIpc) is 3.07. The maximum Gasteiger partial charge on any atom is 0.262 e. The SMILES string of the molecule is COc1cc(/C=C(/C#N)C(=O)NC2CCCC2)cc(I)c1OC(C)C. The highest BCUT2D eigenvalue weighted by molar-refractivity contribution is 14.1. The van der Waals surface area contributed by atoms with Crippen LogP contribution in [0.3, 0.4) is 0 Å². The number of carbonyl (C=O) groups is 1. The lowest BCUT2D eigenvalue weighted by molar-refractivity contribution is -0.117. The van der Waals surface area contributed by atoms with E-state index in [1.807, 2.05) is 26.0 Å². The first-order valence-corrected chi connectivity index (χ1v) is 9.49. The van der Waals surface area contributed by atoms with Gasteiger partial charge in [0.25, 0.3) is 5.91 Å². The standard InChI is InChI=1S/C19H23IN2O3/c1-12(2)25-18-16(20)9-13(10-17(18)24-3)8-14(11-21)19(23)22-15-6-4-5-7-15/h8-10,12,15H,4-7H2,1-3H3,(H,22,23)/b14-8-. The maximum atomic E-state index is 12.3. The molecule has 0 saturated heterocycles. The third-order valence-corrected chi connectivity index (χ3v) is 4.77. The molecule has 0 heterocycles. The Labute approximate surface area is 162 Å². The van der Waals surface area contributed by atoms with Gasteiger partial charge >= 0.3 is 0 Å². The molecule has 1 aromatic carbocycles. The minimum Gasteiger partial charge on any atom is -0.493 e. The summed E-state index contributed by atoms with van der Waals surface area (Å²) in [4.78, 5) is 12.3. The maximum absolute atomic E-state index is 12.3. The van der Waals surface area contributed by atoms with Crippen molar-refractivity contribution in [3.63, 3.8) is 0 Å². The smallest absolute Gasteiger partial charge is 0.262 e. The molecule has 0 spiro atoms. The van der Waals surface area contributed by atoms with E-state index in [4.69, 9.17) is 9.47 Å². The number of hydrogen-bond acceptors (Lipinski definition) is 4. The fraction of sp³-hybridized carbons (Fsp3) is 0.474. The molecule has 1 N–H and O–H groups in total. The molecule has 0 atom stereocenters. The fourth-order valence-electron chi connectivity index (χ4n) is 2.82. The van der Waals surface area contributed by atoms with E-state index in [0.717, 1.165) is 34.8 Å². The highest BCUT2D eigenvalue weighted by Gasteiger charge is 2.20. The number of methoxy groups -OCH3 is 1. The Balaban J connectivity index is 2.26. The number of ether oxygens (including phenoxy) is 2. The minimum absolute atomic E-state index is 0.0238. The van der Waals surface area contributed by atoms with Gasteiger partial charge in [-0.25, -0.2) is 0 Å². The van der Waals surface area contributed by atoms with Gasteiger partial charge in [-0.2, -0.15) is 5.26 Å². The zero-order chi connectivity index (χ0) is 18.4. The Morgan fingerprint density at radius 2 is 2.08 bits per heavy atom. The Morgan fingerprint density at radius 1 is 1.40 bits per heavy atom. The van der Waals surface area contributed by atoms with Gasteiger partial charge in [0.05, 0.1) is 16.8 Å². The van der Waals surface area contributed by atoms with E-state index in [-0.39, 0.29) is 23.6 Å². The van der Waals surface area contributed by atoms with Gasteiger partial charge in [0.1, 0.15) is 11.6 Å².